The fourth-order valence-corrected chi connectivity index (χ4v) is 4.83. The maximum atomic E-state index is 13.2. The van der Waals surface area contributed by atoms with Crippen molar-refractivity contribution in [3.05, 3.63) is 64.7 Å². The minimum absolute atomic E-state index is 0.109. The number of rotatable bonds is 2. The molecule has 0 aliphatic carbocycles. The first-order valence-electron chi connectivity index (χ1n) is 9.99. The van der Waals surface area contributed by atoms with Crippen molar-refractivity contribution in [3.8, 4) is 0 Å². The Hall–Kier alpha value is -2.99. The number of benzene rings is 2. The van der Waals surface area contributed by atoms with E-state index in [0.29, 0.717) is 5.69 Å². The van der Waals surface area contributed by atoms with E-state index in [0.717, 1.165) is 44.3 Å². The third-order valence-electron chi connectivity index (χ3n) is 5.78. The van der Waals surface area contributed by atoms with Gasteiger partial charge in [0.2, 0.25) is 0 Å². The van der Waals surface area contributed by atoms with Gasteiger partial charge in [-0.2, -0.15) is 0 Å². The van der Waals surface area contributed by atoms with Gasteiger partial charge in [-0.3, -0.25) is 19.8 Å². The second-order valence-electron chi connectivity index (χ2n) is 7.68. The van der Waals surface area contributed by atoms with E-state index in [2.05, 4.69) is 22.3 Å². The number of para-hydroxylation sites is 1. The van der Waals surface area contributed by atoms with Gasteiger partial charge in [0.25, 0.3) is 11.8 Å². The highest BCUT2D eigenvalue weighted by atomic mass is 32.1. The molecular weight excluding hydrogens is 382 g/mol. The van der Waals surface area contributed by atoms with Gasteiger partial charge < -0.3 is 4.90 Å². The van der Waals surface area contributed by atoms with Crippen molar-refractivity contribution < 1.29 is 9.59 Å². The number of hydrogen-bond donors (Lipinski definition) is 1. The highest BCUT2D eigenvalue weighted by Crippen LogP contribution is 2.36. The van der Waals surface area contributed by atoms with Gasteiger partial charge >= 0.3 is 0 Å². The third-order valence-corrected chi connectivity index (χ3v) is 6.07. The molecule has 0 spiro atoms. The zero-order valence-electron chi connectivity index (χ0n) is 16.0. The molecule has 5 rings (SSSR count). The molecule has 1 N–H and O–H groups in total. The molecule has 0 radical (unpaired) electrons. The molecule has 3 aliphatic rings. The second-order valence-corrected chi connectivity index (χ2v) is 8.06. The van der Waals surface area contributed by atoms with Gasteiger partial charge in [-0.1, -0.05) is 18.2 Å². The standard InChI is InChI=1S/C23H21N3O2S/c27-21-19(22(28)26(23(29)24-21)18-8-2-1-3-9-18)14-15-12-16-6-4-10-25-11-5-7-17(13-15)20(16)25/h1-3,8-9,12-14H,4-7,10-11H2,(H,24,27,29). The molecule has 0 unspecified atom stereocenters. The summed E-state index contributed by atoms with van der Waals surface area (Å²) in [6.45, 7) is 2.23. The van der Waals surface area contributed by atoms with E-state index in [-0.39, 0.29) is 10.7 Å². The van der Waals surface area contributed by atoms with Crippen LogP contribution in [0.5, 0.6) is 0 Å². The van der Waals surface area contributed by atoms with Crippen LogP contribution in [0.2, 0.25) is 0 Å². The molecule has 29 heavy (non-hydrogen) atoms. The number of carbonyl (C=O) groups excluding carboxylic acids is 2. The Morgan fingerprint density at radius 1 is 0.966 bits per heavy atom. The maximum absolute atomic E-state index is 13.2. The van der Waals surface area contributed by atoms with E-state index < -0.39 is 11.8 Å². The summed E-state index contributed by atoms with van der Waals surface area (Å²) in [5.74, 6) is -0.835. The Morgan fingerprint density at radius 2 is 1.62 bits per heavy atom. The van der Waals surface area contributed by atoms with Gasteiger partial charge in [0, 0.05) is 18.8 Å². The van der Waals surface area contributed by atoms with Crippen molar-refractivity contribution in [1.82, 2.24) is 5.32 Å². The molecule has 5 nitrogen and oxygen atoms in total. The fraction of sp³-hybridized carbons (Fsp3) is 0.261. The lowest BCUT2D eigenvalue weighted by Crippen LogP contribution is -2.54. The number of nitrogens with one attached hydrogen (secondary N) is 1. The summed E-state index contributed by atoms with van der Waals surface area (Å²) >= 11 is 5.26. The topological polar surface area (TPSA) is 52.7 Å². The number of amides is 2. The third kappa shape index (κ3) is 3.13. The number of hydrogen-bond acceptors (Lipinski definition) is 4. The summed E-state index contributed by atoms with van der Waals surface area (Å²) in [7, 11) is 0. The average Bonchev–Trinajstić information content (AvgIpc) is 2.72. The minimum Gasteiger partial charge on any atom is -0.371 e. The van der Waals surface area contributed by atoms with Gasteiger partial charge in [0.1, 0.15) is 5.57 Å². The van der Waals surface area contributed by atoms with Crippen LogP contribution < -0.4 is 15.1 Å². The van der Waals surface area contributed by atoms with Crippen molar-refractivity contribution in [2.24, 2.45) is 0 Å². The largest absolute Gasteiger partial charge is 0.371 e. The first kappa shape index (κ1) is 18.1. The number of thiocarbonyl (C=S) groups is 1. The number of nitrogens with zero attached hydrogens (tertiary/aromatic N) is 2. The molecule has 2 amide bonds. The summed E-state index contributed by atoms with van der Waals surface area (Å²) in [5.41, 5.74) is 5.67. The van der Waals surface area contributed by atoms with Gasteiger partial charge in [-0.05, 0) is 84.9 Å². The lowest BCUT2D eigenvalue weighted by Gasteiger charge is -2.37. The average molecular weight is 404 g/mol. The van der Waals surface area contributed by atoms with Crippen LogP contribution in [0.4, 0.5) is 11.4 Å². The molecular formula is C23H21N3O2S. The van der Waals surface area contributed by atoms with Crippen LogP contribution in [0, 0.1) is 0 Å². The SMILES string of the molecule is O=C1NC(=S)N(c2ccccc2)C(=O)C1=Cc1cc2c3c(c1)CCCN3CCC2. The van der Waals surface area contributed by atoms with E-state index >= 15 is 0 Å². The molecule has 0 bridgehead atoms. The molecule has 0 saturated carbocycles. The molecule has 2 aromatic carbocycles. The van der Waals surface area contributed by atoms with E-state index in [1.807, 2.05) is 18.2 Å². The monoisotopic (exact) mass is 403 g/mol. The maximum Gasteiger partial charge on any atom is 0.270 e. The van der Waals surface area contributed by atoms with Gasteiger partial charge in [-0.15, -0.1) is 0 Å². The van der Waals surface area contributed by atoms with Crippen molar-refractivity contribution in [2.75, 3.05) is 22.9 Å². The Balaban J connectivity index is 1.55. The number of carbonyl (C=O) groups is 2. The summed E-state index contributed by atoms with van der Waals surface area (Å²) in [6, 6.07) is 13.4. The molecule has 3 heterocycles. The van der Waals surface area contributed by atoms with Crippen LogP contribution in [0.15, 0.2) is 48.0 Å². The first-order valence-corrected chi connectivity index (χ1v) is 10.4. The van der Waals surface area contributed by atoms with Crippen LogP contribution in [0.25, 0.3) is 6.08 Å². The molecule has 3 aliphatic heterocycles. The van der Waals surface area contributed by atoms with E-state index in [9.17, 15) is 9.59 Å². The molecule has 0 aromatic heterocycles. The predicted octanol–water partition coefficient (Wildman–Crippen LogP) is 3.22. The number of anilines is 2. The Kier molecular flexibility index (Phi) is 4.43. The second kappa shape index (κ2) is 7.12. The molecule has 6 heteroatoms. The predicted molar refractivity (Wildman–Crippen MR) is 118 cm³/mol. The summed E-state index contributed by atoms with van der Waals surface area (Å²) in [4.78, 5) is 29.6. The highest BCUT2D eigenvalue weighted by Gasteiger charge is 2.34. The minimum atomic E-state index is -0.444. The van der Waals surface area contributed by atoms with Crippen LogP contribution in [-0.4, -0.2) is 30.0 Å². The Labute approximate surface area is 175 Å². The van der Waals surface area contributed by atoms with E-state index in [1.165, 1.54) is 21.7 Å². The highest BCUT2D eigenvalue weighted by molar-refractivity contribution is 7.80. The van der Waals surface area contributed by atoms with Crippen LogP contribution in [0.3, 0.4) is 0 Å². The summed E-state index contributed by atoms with van der Waals surface area (Å²) < 4.78 is 0. The lowest BCUT2D eigenvalue weighted by molar-refractivity contribution is -0.122. The van der Waals surface area contributed by atoms with Crippen molar-refractivity contribution >= 4 is 46.6 Å². The molecule has 1 fully saturated rings. The van der Waals surface area contributed by atoms with Gasteiger partial charge in [0.05, 0.1) is 5.69 Å². The molecule has 2 aromatic rings. The van der Waals surface area contributed by atoms with Crippen LogP contribution in [0.1, 0.15) is 29.5 Å². The fourth-order valence-electron chi connectivity index (χ4n) is 4.55. The molecule has 146 valence electrons. The smallest absolute Gasteiger partial charge is 0.270 e. The quantitative estimate of drug-likeness (QED) is 0.475. The zero-order valence-corrected chi connectivity index (χ0v) is 16.8. The molecule has 1 saturated heterocycles. The number of aryl methyl sites for hydroxylation is 2. The normalized spacial score (nSPS) is 20.0. The van der Waals surface area contributed by atoms with Crippen LogP contribution in [-0.2, 0) is 22.4 Å². The van der Waals surface area contributed by atoms with Gasteiger partial charge in [0.15, 0.2) is 5.11 Å². The van der Waals surface area contributed by atoms with Crippen molar-refractivity contribution in [1.29, 1.82) is 0 Å². The Bertz CT molecular complexity index is 1030. The zero-order chi connectivity index (χ0) is 20.0. The van der Waals surface area contributed by atoms with E-state index in [1.54, 1.807) is 18.2 Å². The van der Waals surface area contributed by atoms with Crippen LogP contribution >= 0.6 is 12.2 Å². The Morgan fingerprint density at radius 3 is 2.28 bits per heavy atom. The summed E-state index contributed by atoms with van der Waals surface area (Å²) in [5, 5.41) is 2.77. The van der Waals surface area contributed by atoms with Crippen molar-refractivity contribution in [3.63, 3.8) is 0 Å². The van der Waals surface area contributed by atoms with Gasteiger partial charge in [-0.25, -0.2) is 0 Å². The van der Waals surface area contributed by atoms with Crippen molar-refractivity contribution in [2.45, 2.75) is 25.7 Å². The summed E-state index contributed by atoms with van der Waals surface area (Å²) in [6.07, 6.45) is 6.07. The first-order chi connectivity index (χ1) is 14.1. The van der Waals surface area contributed by atoms with E-state index in [4.69, 9.17) is 12.2 Å². The molecule has 0 atom stereocenters. The lowest BCUT2D eigenvalue weighted by atomic mass is 9.89.